The van der Waals surface area contributed by atoms with Crippen LogP contribution in [0.25, 0.3) is 0 Å². The minimum atomic E-state index is -0.257. The third-order valence-electron chi connectivity index (χ3n) is 2.42. The molecule has 4 nitrogen and oxygen atoms in total. The van der Waals surface area contributed by atoms with Crippen molar-refractivity contribution in [2.75, 3.05) is 7.05 Å². The zero-order valence-electron chi connectivity index (χ0n) is 8.16. The van der Waals surface area contributed by atoms with Crippen molar-refractivity contribution in [3.05, 3.63) is 18.0 Å². The van der Waals surface area contributed by atoms with Crippen molar-refractivity contribution >= 4 is 6.29 Å². The number of carbonyl (C=O) groups excluding carboxylic acids is 1. The Balaban J connectivity index is 2.93. The van der Waals surface area contributed by atoms with Crippen LogP contribution in [0, 0.1) is 0 Å². The fourth-order valence-electron chi connectivity index (χ4n) is 1.38. The molecule has 0 spiro atoms. The van der Waals surface area contributed by atoms with Gasteiger partial charge in [-0.1, -0.05) is 13.8 Å². The molecule has 1 aromatic heterocycles. The van der Waals surface area contributed by atoms with Crippen molar-refractivity contribution in [1.82, 2.24) is 15.5 Å². The number of hydrogen-bond acceptors (Lipinski definition) is 3. The van der Waals surface area contributed by atoms with E-state index in [0.717, 1.165) is 12.0 Å². The quantitative estimate of drug-likeness (QED) is 0.664. The Morgan fingerprint density at radius 1 is 1.69 bits per heavy atom. The van der Waals surface area contributed by atoms with Crippen molar-refractivity contribution in [1.29, 1.82) is 0 Å². The van der Waals surface area contributed by atoms with Gasteiger partial charge in [-0.25, -0.2) is 0 Å². The summed E-state index contributed by atoms with van der Waals surface area (Å²) in [6.45, 7) is 3.99. The van der Waals surface area contributed by atoms with Gasteiger partial charge in [0, 0.05) is 17.3 Å². The molecule has 0 aliphatic heterocycles. The molecule has 0 saturated carbocycles. The van der Waals surface area contributed by atoms with Gasteiger partial charge in [0.15, 0.2) is 0 Å². The SMILES string of the molecule is CNC(C=O)C(C)(C)c1ccn[nH]1. The topological polar surface area (TPSA) is 57.8 Å². The van der Waals surface area contributed by atoms with Gasteiger partial charge in [-0.2, -0.15) is 5.10 Å². The molecular formula is C9H15N3O. The number of H-pyrrole nitrogens is 1. The highest BCUT2D eigenvalue weighted by molar-refractivity contribution is 5.61. The standard InChI is InChI=1S/C9H15N3O/c1-9(2,8(6-13)10-3)7-4-5-11-12-7/h4-6,8,10H,1-3H3,(H,11,12). The molecule has 0 saturated heterocycles. The molecule has 1 heterocycles. The van der Waals surface area contributed by atoms with Crippen LogP contribution in [0.5, 0.6) is 0 Å². The average Bonchev–Trinajstić information content (AvgIpc) is 2.58. The Kier molecular flexibility index (Phi) is 2.83. The van der Waals surface area contributed by atoms with E-state index in [1.165, 1.54) is 0 Å². The van der Waals surface area contributed by atoms with Crippen molar-refractivity contribution < 1.29 is 4.79 Å². The van der Waals surface area contributed by atoms with E-state index in [1.54, 1.807) is 13.2 Å². The van der Waals surface area contributed by atoms with E-state index in [-0.39, 0.29) is 11.5 Å². The lowest BCUT2D eigenvalue weighted by Crippen LogP contribution is -2.44. The maximum absolute atomic E-state index is 10.8. The predicted molar refractivity (Wildman–Crippen MR) is 50.5 cm³/mol. The van der Waals surface area contributed by atoms with Crippen LogP contribution in [0.2, 0.25) is 0 Å². The van der Waals surface area contributed by atoms with Crippen LogP contribution in [-0.4, -0.2) is 29.6 Å². The average molecular weight is 181 g/mol. The van der Waals surface area contributed by atoms with Crippen LogP contribution in [0.3, 0.4) is 0 Å². The summed E-state index contributed by atoms with van der Waals surface area (Å²) in [6, 6.07) is 1.68. The molecule has 0 aliphatic rings. The fourth-order valence-corrected chi connectivity index (χ4v) is 1.38. The molecule has 2 N–H and O–H groups in total. The molecule has 0 radical (unpaired) electrons. The monoisotopic (exact) mass is 181 g/mol. The van der Waals surface area contributed by atoms with Crippen LogP contribution in [0.1, 0.15) is 19.5 Å². The first-order valence-electron chi connectivity index (χ1n) is 4.25. The maximum Gasteiger partial charge on any atom is 0.137 e. The Hall–Kier alpha value is -1.16. The van der Waals surface area contributed by atoms with Crippen molar-refractivity contribution in [2.24, 2.45) is 0 Å². The van der Waals surface area contributed by atoms with Crippen LogP contribution >= 0.6 is 0 Å². The van der Waals surface area contributed by atoms with Crippen LogP contribution in [0.4, 0.5) is 0 Å². The van der Waals surface area contributed by atoms with Crippen LogP contribution in [-0.2, 0) is 10.2 Å². The number of aldehydes is 1. The Bertz CT molecular complexity index is 266. The van der Waals surface area contributed by atoms with E-state index in [1.807, 2.05) is 19.9 Å². The summed E-state index contributed by atoms with van der Waals surface area (Å²) >= 11 is 0. The zero-order valence-corrected chi connectivity index (χ0v) is 8.16. The molecular weight excluding hydrogens is 166 g/mol. The van der Waals surface area contributed by atoms with Crippen molar-refractivity contribution in [2.45, 2.75) is 25.3 Å². The number of carbonyl (C=O) groups is 1. The molecule has 1 unspecified atom stereocenters. The number of hydrogen-bond donors (Lipinski definition) is 2. The molecule has 0 aromatic carbocycles. The Labute approximate surface area is 77.7 Å². The van der Waals surface area contributed by atoms with E-state index in [4.69, 9.17) is 0 Å². The molecule has 4 heteroatoms. The van der Waals surface area contributed by atoms with Gasteiger partial charge >= 0.3 is 0 Å². The number of nitrogens with zero attached hydrogens (tertiary/aromatic N) is 1. The minimum Gasteiger partial charge on any atom is -0.310 e. The van der Waals surface area contributed by atoms with Crippen LogP contribution in [0.15, 0.2) is 12.3 Å². The first-order valence-corrected chi connectivity index (χ1v) is 4.25. The smallest absolute Gasteiger partial charge is 0.137 e. The van der Waals surface area contributed by atoms with E-state index >= 15 is 0 Å². The number of nitrogens with one attached hydrogen (secondary N) is 2. The van der Waals surface area contributed by atoms with Gasteiger partial charge in [-0.15, -0.1) is 0 Å². The molecule has 72 valence electrons. The summed E-state index contributed by atoms with van der Waals surface area (Å²) in [5.41, 5.74) is 0.700. The second-order valence-corrected chi connectivity index (χ2v) is 3.59. The largest absolute Gasteiger partial charge is 0.310 e. The predicted octanol–water partition coefficient (Wildman–Crippen LogP) is 0.474. The molecule has 0 aliphatic carbocycles. The summed E-state index contributed by atoms with van der Waals surface area (Å²) in [6.07, 6.45) is 2.61. The van der Waals surface area contributed by atoms with E-state index < -0.39 is 0 Å². The number of rotatable bonds is 4. The lowest BCUT2D eigenvalue weighted by molar-refractivity contribution is -0.110. The maximum atomic E-state index is 10.8. The molecule has 0 bridgehead atoms. The second kappa shape index (κ2) is 3.70. The summed E-state index contributed by atoms with van der Waals surface area (Å²) in [5.74, 6) is 0. The Morgan fingerprint density at radius 3 is 2.77 bits per heavy atom. The lowest BCUT2D eigenvalue weighted by Gasteiger charge is -2.28. The first kappa shape index (κ1) is 9.92. The summed E-state index contributed by atoms with van der Waals surface area (Å²) in [5, 5.41) is 9.71. The molecule has 1 rings (SSSR count). The summed E-state index contributed by atoms with van der Waals surface area (Å²) in [4.78, 5) is 10.8. The van der Waals surface area contributed by atoms with Gasteiger partial charge in [0.2, 0.25) is 0 Å². The molecule has 0 fully saturated rings. The summed E-state index contributed by atoms with van der Waals surface area (Å²) in [7, 11) is 1.77. The number of aromatic amines is 1. The van der Waals surface area contributed by atoms with Gasteiger partial charge in [-0.05, 0) is 13.1 Å². The number of likely N-dealkylation sites (N-methyl/N-ethyl adjacent to an activating group) is 1. The fraction of sp³-hybridized carbons (Fsp3) is 0.556. The third kappa shape index (κ3) is 1.78. The Morgan fingerprint density at radius 2 is 2.38 bits per heavy atom. The van der Waals surface area contributed by atoms with Crippen molar-refractivity contribution in [3.63, 3.8) is 0 Å². The minimum absolute atomic E-state index is 0.201. The van der Waals surface area contributed by atoms with Gasteiger partial charge in [0.05, 0.1) is 6.04 Å². The van der Waals surface area contributed by atoms with Crippen molar-refractivity contribution in [3.8, 4) is 0 Å². The first-order chi connectivity index (χ1) is 6.12. The second-order valence-electron chi connectivity index (χ2n) is 3.59. The molecule has 13 heavy (non-hydrogen) atoms. The highest BCUT2D eigenvalue weighted by atomic mass is 16.1. The zero-order chi connectivity index (χ0) is 9.90. The van der Waals surface area contributed by atoms with E-state index in [0.29, 0.717) is 0 Å². The highest BCUT2D eigenvalue weighted by Crippen LogP contribution is 2.23. The third-order valence-corrected chi connectivity index (χ3v) is 2.42. The summed E-state index contributed by atoms with van der Waals surface area (Å²) < 4.78 is 0. The number of aromatic nitrogens is 2. The molecule has 0 amide bonds. The highest BCUT2D eigenvalue weighted by Gasteiger charge is 2.31. The molecule has 1 atom stereocenters. The molecule has 1 aromatic rings. The van der Waals surface area contributed by atoms with Gasteiger partial charge in [-0.3, -0.25) is 5.10 Å². The van der Waals surface area contributed by atoms with Gasteiger partial charge in [0.25, 0.3) is 0 Å². The van der Waals surface area contributed by atoms with E-state index in [9.17, 15) is 4.79 Å². The van der Waals surface area contributed by atoms with Crippen LogP contribution < -0.4 is 5.32 Å². The van der Waals surface area contributed by atoms with Gasteiger partial charge < -0.3 is 10.1 Å². The van der Waals surface area contributed by atoms with E-state index in [2.05, 4.69) is 15.5 Å². The van der Waals surface area contributed by atoms with Gasteiger partial charge in [0.1, 0.15) is 6.29 Å². The normalized spacial score (nSPS) is 14.1. The lowest BCUT2D eigenvalue weighted by atomic mass is 9.82.